The lowest BCUT2D eigenvalue weighted by Crippen LogP contribution is -2.49. The van der Waals surface area contributed by atoms with E-state index in [9.17, 15) is 4.79 Å². The van der Waals surface area contributed by atoms with E-state index in [1.807, 2.05) is 24.0 Å². The first-order valence-electron chi connectivity index (χ1n) is 10.4. The van der Waals surface area contributed by atoms with Gasteiger partial charge < -0.3 is 14.1 Å². The van der Waals surface area contributed by atoms with Crippen LogP contribution in [0.3, 0.4) is 0 Å². The van der Waals surface area contributed by atoms with Crippen LogP contribution in [0.4, 0.5) is 0 Å². The van der Waals surface area contributed by atoms with Crippen LogP contribution in [0.1, 0.15) is 17.0 Å². The van der Waals surface area contributed by atoms with Gasteiger partial charge in [0.15, 0.2) is 6.61 Å². The van der Waals surface area contributed by atoms with Crippen molar-refractivity contribution in [3.8, 4) is 17.2 Å². The molecule has 2 heterocycles. The number of hydrogen-bond donors (Lipinski definition) is 0. The second-order valence-electron chi connectivity index (χ2n) is 7.79. The molecule has 0 unspecified atom stereocenters. The molecule has 162 valence electrons. The molecule has 6 nitrogen and oxygen atoms in total. The topological polar surface area (TPSA) is 58.8 Å². The van der Waals surface area contributed by atoms with Crippen LogP contribution >= 0.6 is 11.6 Å². The van der Waals surface area contributed by atoms with Crippen molar-refractivity contribution in [2.45, 2.75) is 20.4 Å². The van der Waals surface area contributed by atoms with Gasteiger partial charge in [0.25, 0.3) is 5.91 Å². The van der Waals surface area contributed by atoms with Crippen molar-refractivity contribution in [3.05, 3.63) is 70.6 Å². The lowest BCUT2D eigenvalue weighted by Gasteiger charge is -2.34. The monoisotopic (exact) mass is 439 g/mol. The van der Waals surface area contributed by atoms with Crippen molar-refractivity contribution in [1.29, 1.82) is 0 Å². The molecule has 1 fully saturated rings. The second-order valence-corrected chi connectivity index (χ2v) is 8.22. The number of carbonyl (C=O) groups is 1. The Morgan fingerprint density at radius 3 is 2.39 bits per heavy atom. The molecule has 7 heteroatoms. The molecule has 4 rings (SSSR count). The number of oxazole rings is 1. The third-order valence-electron chi connectivity index (χ3n) is 5.47. The van der Waals surface area contributed by atoms with Gasteiger partial charge in [-0.05, 0) is 50.2 Å². The number of ether oxygens (including phenoxy) is 1. The Hall–Kier alpha value is -2.83. The normalized spacial score (nSPS) is 14.6. The fourth-order valence-corrected chi connectivity index (χ4v) is 3.65. The fourth-order valence-electron chi connectivity index (χ4n) is 3.53. The maximum Gasteiger partial charge on any atom is 0.260 e. The van der Waals surface area contributed by atoms with Crippen molar-refractivity contribution in [3.63, 3.8) is 0 Å². The summed E-state index contributed by atoms with van der Waals surface area (Å²) in [7, 11) is 0. The molecule has 2 aromatic carbocycles. The molecule has 0 aliphatic carbocycles. The van der Waals surface area contributed by atoms with E-state index < -0.39 is 0 Å². The van der Waals surface area contributed by atoms with E-state index in [4.69, 9.17) is 25.7 Å². The number of aromatic nitrogens is 1. The third kappa shape index (κ3) is 5.46. The zero-order valence-electron chi connectivity index (χ0n) is 17.8. The van der Waals surface area contributed by atoms with Crippen molar-refractivity contribution in [1.82, 2.24) is 14.8 Å². The van der Waals surface area contributed by atoms with Gasteiger partial charge in [-0.1, -0.05) is 29.3 Å². The Labute approximate surface area is 187 Å². The first-order valence-corrected chi connectivity index (χ1v) is 10.8. The lowest BCUT2D eigenvalue weighted by molar-refractivity contribution is -0.135. The van der Waals surface area contributed by atoms with E-state index in [2.05, 4.69) is 24.0 Å². The standard InChI is InChI=1S/C24H26ClN3O3/c1-17-3-5-19(6-4-17)24-26-22(18(2)31-24)15-27-11-13-28(14-12-27)23(29)16-30-21-9-7-20(25)8-10-21/h3-10H,11-16H2,1-2H3. The zero-order chi connectivity index (χ0) is 21.8. The number of benzene rings is 2. The molecule has 1 aliphatic rings. The van der Waals surface area contributed by atoms with Gasteiger partial charge in [-0.15, -0.1) is 0 Å². The van der Waals surface area contributed by atoms with Crippen molar-refractivity contribution in [2.75, 3.05) is 32.8 Å². The molecular formula is C24H26ClN3O3. The Morgan fingerprint density at radius 2 is 1.71 bits per heavy atom. The van der Waals surface area contributed by atoms with E-state index >= 15 is 0 Å². The van der Waals surface area contributed by atoms with E-state index in [1.54, 1.807) is 24.3 Å². The summed E-state index contributed by atoms with van der Waals surface area (Å²) in [6.07, 6.45) is 0. The van der Waals surface area contributed by atoms with Crippen molar-refractivity contribution < 1.29 is 13.9 Å². The van der Waals surface area contributed by atoms with Gasteiger partial charge in [-0.2, -0.15) is 0 Å². The first-order chi connectivity index (χ1) is 15.0. The smallest absolute Gasteiger partial charge is 0.260 e. The number of hydrogen-bond acceptors (Lipinski definition) is 5. The number of nitrogens with zero attached hydrogens (tertiary/aromatic N) is 3. The molecule has 1 aliphatic heterocycles. The highest BCUT2D eigenvalue weighted by Gasteiger charge is 2.23. The molecule has 1 amide bonds. The van der Waals surface area contributed by atoms with Crippen LogP contribution in [0, 0.1) is 13.8 Å². The predicted octanol–water partition coefficient (Wildman–Crippen LogP) is 4.34. The van der Waals surface area contributed by atoms with E-state index in [0.717, 1.165) is 30.1 Å². The summed E-state index contributed by atoms with van der Waals surface area (Å²) >= 11 is 5.87. The molecule has 3 aromatic rings. The number of piperazine rings is 1. The Balaban J connectivity index is 1.27. The van der Waals surface area contributed by atoms with Gasteiger partial charge in [0, 0.05) is 43.3 Å². The predicted molar refractivity (Wildman–Crippen MR) is 120 cm³/mol. The van der Waals surface area contributed by atoms with Crippen molar-refractivity contribution in [2.24, 2.45) is 0 Å². The van der Waals surface area contributed by atoms with Crippen LogP contribution in [-0.2, 0) is 11.3 Å². The van der Waals surface area contributed by atoms with Crippen LogP contribution in [0.5, 0.6) is 5.75 Å². The maximum absolute atomic E-state index is 12.5. The summed E-state index contributed by atoms with van der Waals surface area (Å²) in [6, 6.07) is 15.2. The van der Waals surface area contributed by atoms with Crippen LogP contribution in [0.2, 0.25) is 5.02 Å². The summed E-state index contributed by atoms with van der Waals surface area (Å²) in [5, 5.41) is 0.642. The molecule has 0 spiro atoms. The Kier molecular flexibility index (Phi) is 6.59. The minimum absolute atomic E-state index is 0.00567. The Bertz CT molecular complexity index is 1020. The SMILES string of the molecule is Cc1ccc(-c2nc(CN3CCN(C(=O)COc4ccc(Cl)cc4)CC3)c(C)o2)cc1. The molecule has 1 saturated heterocycles. The summed E-state index contributed by atoms with van der Waals surface area (Å²) < 4.78 is 11.5. The first kappa shape index (κ1) is 21.4. The highest BCUT2D eigenvalue weighted by Crippen LogP contribution is 2.23. The van der Waals surface area contributed by atoms with Crippen LogP contribution in [0.15, 0.2) is 52.9 Å². The lowest BCUT2D eigenvalue weighted by atomic mass is 10.1. The molecule has 31 heavy (non-hydrogen) atoms. The van der Waals surface area contributed by atoms with E-state index in [0.29, 0.717) is 36.3 Å². The summed E-state index contributed by atoms with van der Waals surface area (Å²) in [5.74, 6) is 2.13. The van der Waals surface area contributed by atoms with Gasteiger partial charge in [-0.25, -0.2) is 4.98 Å². The molecule has 0 atom stereocenters. The number of aryl methyl sites for hydroxylation is 2. The van der Waals surface area contributed by atoms with Crippen LogP contribution < -0.4 is 4.74 Å². The third-order valence-corrected chi connectivity index (χ3v) is 5.72. The number of amides is 1. The van der Waals surface area contributed by atoms with Gasteiger partial charge >= 0.3 is 0 Å². The number of halogens is 1. The van der Waals surface area contributed by atoms with Gasteiger partial charge in [-0.3, -0.25) is 9.69 Å². The summed E-state index contributed by atoms with van der Waals surface area (Å²) in [6.45, 7) is 7.68. The quantitative estimate of drug-likeness (QED) is 0.572. The van der Waals surface area contributed by atoms with Gasteiger partial charge in [0.2, 0.25) is 5.89 Å². The largest absolute Gasteiger partial charge is 0.484 e. The van der Waals surface area contributed by atoms with Gasteiger partial charge in [0.1, 0.15) is 11.5 Å². The fraction of sp³-hybridized carbons (Fsp3) is 0.333. The molecule has 0 saturated carbocycles. The molecule has 0 bridgehead atoms. The van der Waals surface area contributed by atoms with E-state index in [-0.39, 0.29) is 12.5 Å². The minimum atomic E-state index is -0.00567. The van der Waals surface area contributed by atoms with E-state index in [1.165, 1.54) is 5.56 Å². The van der Waals surface area contributed by atoms with Crippen LogP contribution in [-0.4, -0.2) is 53.5 Å². The second kappa shape index (κ2) is 9.54. The average molecular weight is 440 g/mol. The van der Waals surface area contributed by atoms with Gasteiger partial charge in [0.05, 0.1) is 5.69 Å². The molecule has 1 aromatic heterocycles. The minimum Gasteiger partial charge on any atom is -0.484 e. The summed E-state index contributed by atoms with van der Waals surface area (Å²) in [5.41, 5.74) is 3.13. The molecule has 0 N–H and O–H groups in total. The zero-order valence-corrected chi connectivity index (χ0v) is 18.6. The highest BCUT2D eigenvalue weighted by molar-refractivity contribution is 6.30. The summed E-state index contributed by atoms with van der Waals surface area (Å²) in [4.78, 5) is 21.3. The maximum atomic E-state index is 12.5. The highest BCUT2D eigenvalue weighted by atomic mass is 35.5. The van der Waals surface area contributed by atoms with Crippen LogP contribution in [0.25, 0.3) is 11.5 Å². The molecule has 0 radical (unpaired) electrons. The number of rotatable bonds is 6. The van der Waals surface area contributed by atoms with Crippen molar-refractivity contribution >= 4 is 17.5 Å². The number of carbonyl (C=O) groups excluding carboxylic acids is 1. The Morgan fingerprint density at radius 1 is 1.03 bits per heavy atom. The average Bonchev–Trinajstić information content (AvgIpc) is 3.14. The molecular weight excluding hydrogens is 414 g/mol.